The van der Waals surface area contributed by atoms with E-state index in [4.69, 9.17) is 9.47 Å². The third kappa shape index (κ3) is 7.58. The number of rotatable bonds is 11. The van der Waals surface area contributed by atoms with Crippen LogP contribution in [0, 0.1) is 5.82 Å². The van der Waals surface area contributed by atoms with Crippen molar-refractivity contribution in [2.24, 2.45) is 0 Å². The number of anilines is 1. The Kier molecular flexibility index (Phi) is 9.36. The fraction of sp³-hybridized carbons (Fsp3) is 0.462. The predicted molar refractivity (Wildman–Crippen MR) is 139 cm³/mol. The Morgan fingerprint density at radius 1 is 1.05 bits per heavy atom. The zero-order valence-corrected chi connectivity index (χ0v) is 22.4. The minimum atomic E-state index is -3.66. The summed E-state index contributed by atoms with van der Waals surface area (Å²) >= 11 is 0. The van der Waals surface area contributed by atoms with Gasteiger partial charge in [0.1, 0.15) is 25.1 Å². The summed E-state index contributed by atoms with van der Waals surface area (Å²) in [5.41, 5.74) is 0.682. The second kappa shape index (κ2) is 12.3. The maximum atomic E-state index is 14.4. The van der Waals surface area contributed by atoms with Gasteiger partial charge in [-0.25, -0.2) is 12.8 Å². The van der Waals surface area contributed by atoms with Crippen LogP contribution in [-0.4, -0.2) is 63.2 Å². The summed E-state index contributed by atoms with van der Waals surface area (Å²) in [6.45, 7) is 5.94. The summed E-state index contributed by atoms with van der Waals surface area (Å²) in [6.07, 6.45) is 1.24. The van der Waals surface area contributed by atoms with E-state index in [9.17, 15) is 22.4 Å². The summed E-state index contributed by atoms with van der Waals surface area (Å²) in [7, 11) is -3.66. The standard InChI is InChI=1S/C26H34FN3O6S/c1-18(2)28-26(32)19(3)29(17-20-8-5-6-9-22(20)27)25(31)10-7-13-30(37(4,33)34)21-11-12-23-24(16-21)36-15-14-35-23/h5-6,8-9,11-12,16,18-19H,7,10,13-15,17H2,1-4H3,(H,28,32)/t19-/m0/s1. The lowest BCUT2D eigenvalue weighted by Crippen LogP contribution is -2.49. The lowest BCUT2D eigenvalue weighted by Gasteiger charge is -2.30. The summed E-state index contributed by atoms with van der Waals surface area (Å²) in [5.74, 6) is -0.219. The fourth-order valence-electron chi connectivity index (χ4n) is 3.99. The van der Waals surface area contributed by atoms with E-state index in [1.165, 1.54) is 15.3 Å². The van der Waals surface area contributed by atoms with E-state index in [1.54, 1.807) is 43.3 Å². The number of amides is 2. The summed E-state index contributed by atoms with van der Waals surface area (Å²) in [5, 5.41) is 2.78. The Balaban J connectivity index is 1.74. The average Bonchev–Trinajstić information content (AvgIpc) is 2.84. The first-order valence-electron chi connectivity index (χ1n) is 12.2. The van der Waals surface area contributed by atoms with Crippen LogP contribution in [0.25, 0.3) is 0 Å². The van der Waals surface area contributed by atoms with Gasteiger partial charge in [0.15, 0.2) is 11.5 Å². The van der Waals surface area contributed by atoms with E-state index in [0.717, 1.165) is 6.26 Å². The molecule has 202 valence electrons. The molecule has 1 aliphatic rings. The van der Waals surface area contributed by atoms with Gasteiger partial charge in [-0.05, 0) is 45.4 Å². The molecular weight excluding hydrogens is 501 g/mol. The zero-order chi connectivity index (χ0) is 27.2. The number of carbonyl (C=O) groups excluding carboxylic acids is 2. The van der Waals surface area contributed by atoms with Crippen molar-refractivity contribution in [3.05, 3.63) is 53.8 Å². The average molecular weight is 536 g/mol. The molecule has 0 saturated carbocycles. The second-order valence-corrected chi connectivity index (χ2v) is 11.1. The van der Waals surface area contributed by atoms with Crippen molar-refractivity contribution in [2.75, 3.05) is 30.3 Å². The number of fused-ring (bicyclic) bond motifs is 1. The van der Waals surface area contributed by atoms with Crippen LogP contribution in [0.3, 0.4) is 0 Å². The Bertz CT molecular complexity index is 1220. The monoisotopic (exact) mass is 535 g/mol. The number of hydrogen-bond acceptors (Lipinski definition) is 6. The fourth-order valence-corrected chi connectivity index (χ4v) is 4.95. The highest BCUT2D eigenvalue weighted by atomic mass is 32.2. The molecule has 0 spiro atoms. The minimum Gasteiger partial charge on any atom is -0.486 e. The summed E-state index contributed by atoms with van der Waals surface area (Å²) in [4.78, 5) is 27.3. The number of ether oxygens (including phenoxy) is 2. The lowest BCUT2D eigenvalue weighted by molar-refractivity contribution is -0.140. The first-order valence-corrected chi connectivity index (χ1v) is 14.0. The third-order valence-corrected chi connectivity index (χ3v) is 7.06. The first-order chi connectivity index (χ1) is 17.5. The van der Waals surface area contributed by atoms with Gasteiger partial charge in [0.05, 0.1) is 11.9 Å². The highest BCUT2D eigenvalue weighted by Crippen LogP contribution is 2.34. The Labute approximate surface area is 217 Å². The molecule has 1 atom stereocenters. The number of carbonyl (C=O) groups is 2. The van der Waals surface area contributed by atoms with Gasteiger partial charge < -0.3 is 19.7 Å². The summed E-state index contributed by atoms with van der Waals surface area (Å²) in [6, 6.07) is 9.98. The number of nitrogens with zero attached hydrogens (tertiary/aromatic N) is 2. The van der Waals surface area contributed by atoms with Gasteiger partial charge in [-0.1, -0.05) is 18.2 Å². The highest BCUT2D eigenvalue weighted by Gasteiger charge is 2.28. The molecule has 2 aromatic rings. The molecule has 2 amide bonds. The van der Waals surface area contributed by atoms with E-state index < -0.39 is 21.9 Å². The molecule has 2 aromatic carbocycles. The molecule has 0 unspecified atom stereocenters. The SMILES string of the molecule is CC(C)NC(=O)[C@H](C)N(Cc1ccccc1F)C(=O)CCCN(c1ccc2c(c1)OCCO2)S(C)(=O)=O. The molecule has 1 heterocycles. The van der Waals surface area contributed by atoms with Crippen LogP contribution in [0.1, 0.15) is 39.2 Å². The number of nitrogens with one attached hydrogen (secondary N) is 1. The highest BCUT2D eigenvalue weighted by molar-refractivity contribution is 7.92. The van der Waals surface area contributed by atoms with Gasteiger partial charge in [-0.15, -0.1) is 0 Å². The molecule has 0 fully saturated rings. The number of benzene rings is 2. The van der Waals surface area contributed by atoms with Crippen molar-refractivity contribution >= 4 is 27.5 Å². The minimum absolute atomic E-state index is 0.0321. The predicted octanol–water partition coefficient (Wildman–Crippen LogP) is 3.09. The Hall–Kier alpha value is -3.34. The third-order valence-electron chi connectivity index (χ3n) is 5.86. The maximum Gasteiger partial charge on any atom is 0.242 e. The molecule has 0 bridgehead atoms. The number of hydrogen-bond donors (Lipinski definition) is 1. The van der Waals surface area contributed by atoms with Crippen molar-refractivity contribution in [2.45, 2.75) is 52.2 Å². The molecule has 0 saturated heterocycles. The first kappa shape index (κ1) is 28.2. The van der Waals surface area contributed by atoms with E-state index in [-0.39, 0.29) is 49.4 Å². The topological polar surface area (TPSA) is 105 Å². The van der Waals surface area contributed by atoms with E-state index in [2.05, 4.69) is 5.32 Å². The molecular formula is C26H34FN3O6S. The smallest absolute Gasteiger partial charge is 0.242 e. The van der Waals surface area contributed by atoms with E-state index >= 15 is 0 Å². The van der Waals surface area contributed by atoms with Crippen LogP contribution in [-0.2, 0) is 26.2 Å². The van der Waals surface area contributed by atoms with E-state index in [1.807, 2.05) is 13.8 Å². The lowest BCUT2D eigenvalue weighted by atomic mass is 10.1. The Morgan fingerprint density at radius 3 is 2.38 bits per heavy atom. The van der Waals surface area contributed by atoms with Crippen LogP contribution >= 0.6 is 0 Å². The van der Waals surface area contributed by atoms with Gasteiger partial charge in [0, 0.05) is 37.2 Å². The van der Waals surface area contributed by atoms with Gasteiger partial charge in [-0.2, -0.15) is 0 Å². The summed E-state index contributed by atoms with van der Waals surface area (Å²) < 4.78 is 51.7. The van der Waals surface area contributed by atoms with Crippen molar-refractivity contribution < 1.29 is 31.9 Å². The molecule has 37 heavy (non-hydrogen) atoms. The van der Waals surface area contributed by atoms with Crippen molar-refractivity contribution in [3.8, 4) is 11.5 Å². The van der Waals surface area contributed by atoms with Crippen LogP contribution in [0.2, 0.25) is 0 Å². The van der Waals surface area contributed by atoms with E-state index in [0.29, 0.717) is 30.4 Å². The Morgan fingerprint density at radius 2 is 1.73 bits per heavy atom. The number of sulfonamides is 1. The molecule has 0 aromatic heterocycles. The van der Waals surface area contributed by atoms with Gasteiger partial charge in [-0.3, -0.25) is 13.9 Å². The molecule has 1 aliphatic heterocycles. The molecule has 11 heteroatoms. The quantitative estimate of drug-likeness (QED) is 0.474. The van der Waals surface area contributed by atoms with Gasteiger partial charge in [0.25, 0.3) is 0 Å². The maximum absolute atomic E-state index is 14.4. The van der Waals surface area contributed by atoms with Gasteiger partial charge in [0.2, 0.25) is 21.8 Å². The molecule has 1 N–H and O–H groups in total. The van der Waals surface area contributed by atoms with Crippen LogP contribution in [0.5, 0.6) is 11.5 Å². The second-order valence-electron chi connectivity index (χ2n) is 9.22. The number of halogens is 1. The molecule has 0 radical (unpaired) electrons. The van der Waals surface area contributed by atoms with Crippen molar-refractivity contribution in [1.82, 2.24) is 10.2 Å². The normalized spacial score (nSPS) is 13.7. The largest absolute Gasteiger partial charge is 0.486 e. The molecule has 0 aliphatic carbocycles. The zero-order valence-electron chi connectivity index (χ0n) is 21.6. The molecule has 3 rings (SSSR count). The van der Waals surface area contributed by atoms with Crippen molar-refractivity contribution in [3.63, 3.8) is 0 Å². The van der Waals surface area contributed by atoms with Crippen molar-refractivity contribution in [1.29, 1.82) is 0 Å². The van der Waals surface area contributed by atoms with Crippen LogP contribution in [0.15, 0.2) is 42.5 Å². The van der Waals surface area contributed by atoms with Gasteiger partial charge >= 0.3 is 0 Å². The van der Waals surface area contributed by atoms with Crippen LogP contribution < -0.4 is 19.1 Å². The van der Waals surface area contributed by atoms with Crippen LogP contribution in [0.4, 0.5) is 10.1 Å². The molecule has 9 nitrogen and oxygen atoms in total.